The number of hydrogen-bond donors (Lipinski definition) is 2. The first-order chi connectivity index (χ1) is 15.1. The molecule has 0 aliphatic carbocycles. The Balaban J connectivity index is 0.00000363. The lowest BCUT2D eigenvalue weighted by Crippen LogP contribution is -2.46. The maximum atomic E-state index is 13.5. The molecule has 0 radical (unpaired) electrons. The van der Waals surface area contributed by atoms with E-state index in [2.05, 4.69) is 39.5 Å². The van der Waals surface area contributed by atoms with E-state index < -0.39 is 0 Å². The van der Waals surface area contributed by atoms with Crippen LogP contribution in [0.4, 0.5) is 4.39 Å². The smallest absolute Gasteiger partial charge is 0.191 e. The number of halogens is 2. The summed E-state index contributed by atoms with van der Waals surface area (Å²) < 4.78 is 21.0. The number of morpholine rings is 1. The average Bonchev–Trinajstić information content (AvgIpc) is 3.12. The molecule has 2 N–H and O–H groups in total. The van der Waals surface area contributed by atoms with Gasteiger partial charge in [0.2, 0.25) is 0 Å². The minimum Gasteiger partial charge on any atom is -0.379 e. The third-order valence-electron chi connectivity index (χ3n) is 5.89. The fourth-order valence-corrected chi connectivity index (χ4v) is 4.21. The molecule has 1 aliphatic rings. The minimum absolute atomic E-state index is 0. The van der Waals surface area contributed by atoms with E-state index in [1.165, 1.54) is 23.4 Å². The zero-order valence-corrected chi connectivity index (χ0v) is 21.9. The highest BCUT2D eigenvalue weighted by Gasteiger charge is 2.23. The van der Waals surface area contributed by atoms with Crippen LogP contribution in [0.2, 0.25) is 0 Å². The topological polar surface area (TPSA) is 66.7 Å². The van der Waals surface area contributed by atoms with E-state index in [0.29, 0.717) is 26.3 Å². The van der Waals surface area contributed by atoms with Crippen molar-refractivity contribution in [3.05, 3.63) is 52.6 Å². The van der Waals surface area contributed by atoms with Crippen LogP contribution in [0, 0.1) is 5.82 Å². The molecule has 1 aromatic heterocycles. The number of guanidine groups is 1. The van der Waals surface area contributed by atoms with E-state index in [9.17, 15) is 4.39 Å². The van der Waals surface area contributed by atoms with Crippen LogP contribution in [0.3, 0.4) is 0 Å². The third-order valence-corrected chi connectivity index (χ3v) is 5.89. The molecule has 0 saturated carbocycles. The zero-order chi connectivity index (χ0) is 22.2. The first kappa shape index (κ1) is 26.5. The first-order valence-electron chi connectivity index (χ1n) is 11.1. The van der Waals surface area contributed by atoms with Crippen molar-refractivity contribution in [3.8, 4) is 0 Å². The highest BCUT2D eigenvalue weighted by atomic mass is 127. The number of hydrogen-bond acceptors (Lipinski definition) is 4. The minimum atomic E-state index is -0.218. The van der Waals surface area contributed by atoms with Crippen LogP contribution < -0.4 is 10.6 Å². The lowest BCUT2D eigenvalue weighted by Gasteiger charge is -2.35. The SMILES string of the molecule is CCc1nn(C)c(CC)c1CNC(=NC)NCC(c1ccc(F)cc1)N1CCOCC1.I. The van der Waals surface area contributed by atoms with Gasteiger partial charge in [-0.3, -0.25) is 14.6 Å². The molecule has 0 spiro atoms. The fourth-order valence-electron chi connectivity index (χ4n) is 4.21. The van der Waals surface area contributed by atoms with Crippen LogP contribution in [0.25, 0.3) is 0 Å². The van der Waals surface area contributed by atoms with Crippen molar-refractivity contribution < 1.29 is 9.13 Å². The van der Waals surface area contributed by atoms with Gasteiger partial charge in [-0.05, 0) is 30.5 Å². The van der Waals surface area contributed by atoms with Gasteiger partial charge in [0.25, 0.3) is 0 Å². The average molecular weight is 558 g/mol. The van der Waals surface area contributed by atoms with Crippen molar-refractivity contribution >= 4 is 29.9 Å². The Kier molecular flexibility index (Phi) is 10.9. The maximum Gasteiger partial charge on any atom is 0.191 e. The van der Waals surface area contributed by atoms with E-state index in [4.69, 9.17) is 4.74 Å². The van der Waals surface area contributed by atoms with Crippen LogP contribution in [-0.2, 0) is 31.2 Å². The molecule has 2 heterocycles. The fraction of sp³-hybridized carbons (Fsp3) is 0.565. The van der Waals surface area contributed by atoms with Crippen molar-refractivity contribution in [1.82, 2.24) is 25.3 Å². The summed E-state index contributed by atoms with van der Waals surface area (Å²) in [5.74, 6) is 0.526. The van der Waals surface area contributed by atoms with Crippen LogP contribution in [0.5, 0.6) is 0 Å². The highest BCUT2D eigenvalue weighted by Crippen LogP contribution is 2.22. The number of ether oxygens (including phenoxy) is 1. The number of nitrogens with one attached hydrogen (secondary N) is 2. The molecule has 2 aromatic rings. The van der Waals surface area contributed by atoms with E-state index in [-0.39, 0.29) is 35.8 Å². The van der Waals surface area contributed by atoms with Crippen LogP contribution in [0.1, 0.15) is 42.4 Å². The third kappa shape index (κ3) is 6.64. The summed E-state index contributed by atoms with van der Waals surface area (Å²) in [6, 6.07) is 6.89. The second-order valence-electron chi connectivity index (χ2n) is 7.73. The predicted octanol–water partition coefficient (Wildman–Crippen LogP) is 3.04. The van der Waals surface area contributed by atoms with Gasteiger partial charge in [-0.1, -0.05) is 26.0 Å². The van der Waals surface area contributed by atoms with Crippen LogP contribution in [-0.4, -0.2) is 60.5 Å². The molecular formula is C23H36FIN6O. The molecule has 178 valence electrons. The summed E-state index contributed by atoms with van der Waals surface area (Å²) in [5.41, 5.74) is 4.70. The Labute approximate surface area is 207 Å². The second-order valence-corrected chi connectivity index (χ2v) is 7.73. The lowest BCUT2D eigenvalue weighted by atomic mass is 10.0. The molecule has 1 saturated heterocycles. The summed E-state index contributed by atoms with van der Waals surface area (Å²) in [4.78, 5) is 6.79. The Morgan fingerprint density at radius 3 is 2.44 bits per heavy atom. The van der Waals surface area contributed by atoms with E-state index >= 15 is 0 Å². The molecule has 7 nitrogen and oxygen atoms in total. The molecular weight excluding hydrogens is 522 g/mol. The summed E-state index contributed by atoms with van der Waals surface area (Å²) >= 11 is 0. The molecule has 1 aromatic carbocycles. The quantitative estimate of drug-likeness (QED) is 0.296. The molecule has 9 heteroatoms. The predicted molar refractivity (Wildman–Crippen MR) is 137 cm³/mol. The van der Waals surface area contributed by atoms with Crippen LogP contribution >= 0.6 is 24.0 Å². The van der Waals surface area contributed by atoms with E-state index in [0.717, 1.165) is 43.1 Å². The first-order valence-corrected chi connectivity index (χ1v) is 11.1. The number of aromatic nitrogens is 2. The normalized spacial score (nSPS) is 15.8. The van der Waals surface area contributed by atoms with E-state index in [1.54, 1.807) is 7.05 Å². The second kappa shape index (κ2) is 13.1. The summed E-state index contributed by atoms with van der Waals surface area (Å²) in [7, 11) is 3.78. The highest BCUT2D eigenvalue weighted by molar-refractivity contribution is 14.0. The molecule has 3 rings (SSSR count). The molecule has 32 heavy (non-hydrogen) atoms. The van der Waals surface area contributed by atoms with Crippen molar-refractivity contribution in [2.75, 3.05) is 39.9 Å². The Bertz CT molecular complexity index is 864. The van der Waals surface area contributed by atoms with Gasteiger partial charge in [0.15, 0.2) is 5.96 Å². The molecule has 0 bridgehead atoms. The zero-order valence-electron chi connectivity index (χ0n) is 19.5. The Morgan fingerprint density at radius 2 is 1.84 bits per heavy atom. The van der Waals surface area contributed by atoms with Crippen molar-refractivity contribution in [1.29, 1.82) is 0 Å². The summed E-state index contributed by atoms with van der Waals surface area (Å²) in [5, 5.41) is 11.6. The largest absolute Gasteiger partial charge is 0.379 e. The number of nitrogens with zero attached hydrogens (tertiary/aromatic N) is 4. The molecule has 1 unspecified atom stereocenters. The number of aliphatic imine (C=N–C) groups is 1. The lowest BCUT2D eigenvalue weighted by molar-refractivity contribution is 0.0170. The van der Waals surface area contributed by atoms with E-state index in [1.807, 2.05) is 23.9 Å². The van der Waals surface area contributed by atoms with Crippen molar-refractivity contribution in [2.24, 2.45) is 12.0 Å². The Hall–Kier alpha value is -1.72. The molecule has 1 aliphatic heterocycles. The standard InChI is InChI=1S/C23H35FN6O.HI/c1-5-20-19(21(6-2)29(4)28-20)15-26-23(25-3)27-16-22(30-11-13-31-14-12-30)17-7-9-18(24)10-8-17;/h7-10,22H,5-6,11-16H2,1-4H3,(H2,25,26,27);1H. The number of rotatable bonds is 8. The van der Waals surface area contributed by atoms with Gasteiger partial charge in [-0.2, -0.15) is 5.10 Å². The van der Waals surface area contributed by atoms with Gasteiger partial charge < -0.3 is 15.4 Å². The molecule has 1 atom stereocenters. The number of aryl methyl sites for hydroxylation is 2. The summed E-state index contributed by atoms with van der Waals surface area (Å²) in [6.45, 7) is 8.77. The monoisotopic (exact) mass is 558 g/mol. The van der Waals surface area contributed by atoms with Gasteiger partial charge in [0.1, 0.15) is 5.82 Å². The van der Waals surface area contributed by atoms with Crippen LogP contribution in [0.15, 0.2) is 29.3 Å². The van der Waals surface area contributed by atoms with Gasteiger partial charge in [-0.15, -0.1) is 24.0 Å². The van der Waals surface area contributed by atoms with Crippen molar-refractivity contribution in [3.63, 3.8) is 0 Å². The summed E-state index contributed by atoms with van der Waals surface area (Å²) in [6.07, 6.45) is 1.84. The van der Waals surface area contributed by atoms with Gasteiger partial charge in [-0.25, -0.2) is 4.39 Å². The maximum absolute atomic E-state index is 13.5. The Morgan fingerprint density at radius 1 is 1.16 bits per heavy atom. The van der Waals surface area contributed by atoms with Crippen molar-refractivity contribution in [2.45, 2.75) is 39.3 Å². The van der Waals surface area contributed by atoms with Gasteiger partial charge in [0, 0.05) is 51.5 Å². The van der Waals surface area contributed by atoms with Gasteiger partial charge >= 0.3 is 0 Å². The number of benzene rings is 1. The molecule has 0 amide bonds. The molecule has 1 fully saturated rings. The van der Waals surface area contributed by atoms with Gasteiger partial charge in [0.05, 0.1) is 24.9 Å².